The minimum atomic E-state index is -4.93. The molecule has 0 radical (unpaired) electrons. The number of rotatable bonds is 0. The van der Waals surface area contributed by atoms with Crippen molar-refractivity contribution in [2.45, 2.75) is 25.2 Å². The van der Waals surface area contributed by atoms with Crippen LogP contribution in [0.3, 0.4) is 0 Å². The van der Waals surface area contributed by atoms with Crippen molar-refractivity contribution in [2.24, 2.45) is 0 Å². The molecule has 7 heteroatoms. The summed E-state index contributed by atoms with van der Waals surface area (Å²) in [7, 11) is 0. The Morgan fingerprint density at radius 3 is 1.73 bits per heavy atom. The highest BCUT2D eigenvalue weighted by atomic mass is 19.4. The van der Waals surface area contributed by atoms with Gasteiger partial charge in [0.25, 0.3) is 0 Å². The molecule has 0 aromatic carbocycles. The fourth-order valence-electron chi connectivity index (χ4n) is 0.608. The molecule has 0 aliphatic carbocycles. The summed E-state index contributed by atoms with van der Waals surface area (Å²) >= 11 is 0. The number of ether oxygens (including phenoxy) is 2. The Balaban J connectivity index is 2.60. The van der Waals surface area contributed by atoms with E-state index < -0.39 is 25.2 Å². The SMILES string of the molecule is FC1OC(F)C(C(F)(F)F)O1. The molecule has 1 fully saturated rings. The third-order valence-corrected chi connectivity index (χ3v) is 1.05. The van der Waals surface area contributed by atoms with Crippen molar-refractivity contribution in [3.05, 3.63) is 0 Å². The van der Waals surface area contributed by atoms with Gasteiger partial charge in [0.15, 0.2) is 0 Å². The van der Waals surface area contributed by atoms with Crippen LogP contribution in [0.25, 0.3) is 0 Å². The van der Waals surface area contributed by atoms with Crippen LogP contribution in [-0.4, -0.2) is 25.2 Å². The van der Waals surface area contributed by atoms with Crippen molar-refractivity contribution in [1.82, 2.24) is 0 Å². The molecule has 0 spiro atoms. The molecule has 1 aliphatic rings. The summed E-state index contributed by atoms with van der Waals surface area (Å²) in [5, 5.41) is 0. The molecule has 3 unspecified atom stereocenters. The first kappa shape index (κ1) is 8.66. The molecule has 11 heavy (non-hydrogen) atoms. The maximum atomic E-state index is 12.0. The Labute approximate surface area is 57.9 Å². The topological polar surface area (TPSA) is 18.5 Å². The second kappa shape index (κ2) is 2.56. The van der Waals surface area contributed by atoms with Gasteiger partial charge in [0.2, 0.25) is 12.5 Å². The molecule has 1 saturated heterocycles. The zero-order valence-electron chi connectivity index (χ0n) is 4.94. The summed E-state index contributed by atoms with van der Waals surface area (Å²) < 4.78 is 65.4. The number of halogens is 5. The predicted molar refractivity (Wildman–Crippen MR) is 21.8 cm³/mol. The molecule has 1 heterocycles. The van der Waals surface area contributed by atoms with Gasteiger partial charge in [-0.1, -0.05) is 0 Å². The Morgan fingerprint density at radius 1 is 1.00 bits per heavy atom. The number of alkyl halides is 5. The molecule has 0 N–H and O–H groups in total. The van der Waals surface area contributed by atoms with Gasteiger partial charge in [-0.25, -0.2) is 4.39 Å². The first-order valence-electron chi connectivity index (χ1n) is 2.57. The lowest BCUT2D eigenvalue weighted by molar-refractivity contribution is -0.237. The minimum absolute atomic E-state index is 2.63. The van der Waals surface area contributed by atoms with E-state index in [-0.39, 0.29) is 0 Å². The van der Waals surface area contributed by atoms with E-state index in [1.807, 2.05) is 0 Å². The first-order valence-corrected chi connectivity index (χ1v) is 2.57. The van der Waals surface area contributed by atoms with E-state index in [1.165, 1.54) is 0 Å². The van der Waals surface area contributed by atoms with E-state index in [1.54, 1.807) is 0 Å². The lowest BCUT2D eigenvalue weighted by atomic mass is 10.3. The van der Waals surface area contributed by atoms with E-state index in [2.05, 4.69) is 9.47 Å². The monoisotopic (exact) mass is 178 g/mol. The molecule has 1 rings (SSSR count). The summed E-state index contributed by atoms with van der Waals surface area (Å²) in [6, 6.07) is 0. The van der Waals surface area contributed by atoms with E-state index >= 15 is 0 Å². The molecule has 0 bridgehead atoms. The largest absolute Gasteiger partial charge is 0.420 e. The maximum absolute atomic E-state index is 12.0. The summed E-state index contributed by atoms with van der Waals surface area (Å²) in [4.78, 5) is 0. The summed E-state index contributed by atoms with van der Waals surface area (Å²) in [5.74, 6) is 0. The summed E-state index contributed by atoms with van der Waals surface area (Å²) in [5.41, 5.74) is 0. The second-order valence-electron chi connectivity index (χ2n) is 1.86. The van der Waals surface area contributed by atoms with Gasteiger partial charge in [0, 0.05) is 0 Å². The Hall–Kier alpha value is -0.430. The fraction of sp³-hybridized carbons (Fsp3) is 1.00. The zero-order valence-corrected chi connectivity index (χ0v) is 4.94. The van der Waals surface area contributed by atoms with E-state index in [0.717, 1.165) is 0 Å². The Morgan fingerprint density at radius 2 is 1.55 bits per heavy atom. The van der Waals surface area contributed by atoms with Crippen LogP contribution in [0.2, 0.25) is 0 Å². The van der Waals surface area contributed by atoms with Crippen LogP contribution in [0, 0.1) is 0 Å². The van der Waals surface area contributed by atoms with Crippen molar-refractivity contribution < 1.29 is 31.4 Å². The van der Waals surface area contributed by atoms with E-state index in [4.69, 9.17) is 0 Å². The smallest absolute Gasteiger partial charge is 0.308 e. The molecule has 1 aliphatic heterocycles. The van der Waals surface area contributed by atoms with Crippen molar-refractivity contribution in [2.75, 3.05) is 0 Å². The Kier molecular flexibility index (Phi) is 2.02. The fourth-order valence-corrected chi connectivity index (χ4v) is 0.608. The lowest BCUT2D eigenvalue weighted by Crippen LogP contribution is -2.35. The quantitative estimate of drug-likeness (QED) is 0.523. The van der Waals surface area contributed by atoms with Crippen LogP contribution in [0.5, 0.6) is 0 Å². The minimum Gasteiger partial charge on any atom is -0.308 e. The van der Waals surface area contributed by atoms with Crippen molar-refractivity contribution in [3.8, 4) is 0 Å². The average Bonchev–Trinajstić information content (AvgIpc) is 2.08. The lowest BCUT2D eigenvalue weighted by Gasteiger charge is -2.12. The molecule has 66 valence electrons. The Bertz CT molecular complexity index is 146. The third kappa shape index (κ3) is 1.78. The highest BCUT2D eigenvalue weighted by Crippen LogP contribution is 2.33. The highest BCUT2D eigenvalue weighted by molar-refractivity contribution is 4.74. The average molecular weight is 178 g/mol. The summed E-state index contributed by atoms with van der Waals surface area (Å²) in [6.45, 7) is -2.63. The van der Waals surface area contributed by atoms with Crippen molar-refractivity contribution in [1.29, 1.82) is 0 Å². The predicted octanol–water partition coefficient (Wildman–Crippen LogP) is 1.51. The van der Waals surface area contributed by atoms with Gasteiger partial charge < -0.3 is 4.74 Å². The highest BCUT2D eigenvalue weighted by Gasteiger charge is 2.53. The molecular weight excluding hydrogens is 175 g/mol. The van der Waals surface area contributed by atoms with E-state index in [0.29, 0.717) is 0 Å². The third-order valence-electron chi connectivity index (χ3n) is 1.05. The van der Waals surface area contributed by atoms with Gasteiger partial charge >= 0.3 is 12.7 Å². The molecule has 0 aromatic rings. The molecule has 2 nitrogen and oxygen atoms in total. The van der Waals surface area contributed by atoms with Crippen LogP contribution in [-0.2, 0) is 9.47 Å². The van der Waals surface area contributed by atoms with Gasteiger partial charge in [-0.2, -0.15) is 17.6 Å². The van der Waals surface area contributed by atoms with Crippen LogP contribution < -0.4 is 0 Å². The van der Waals surface area contributed by atoms with Crippen LogP contribution >= 0.6 is 0 Å². The van der Waals surface area contributed by atoms with Gasteiger partial charge in [0.05, 0.1) is 0 Å². The van der Waals surface area contributed by atoms with Crippen LogP contribution in [0.1, 0.15) is 0 Å². The number of hydrogen-bond donors (Lipinski definition) is 0. The molecule has 0 aromatic heterocycles. The zero-order chi connectivity index (χ0) is 8.65. The first-order chi connectivity index (χ1) is 4.91. The maximum Gasteiger partial charge on any atom is 0.420 e. The molecule has 3 atom stereocenters. The second-order valence-corrected chi connectivity index (χ2v) is 1.86. The van der Waals surface area contributed by atoms with Crippen molar-refractivity contribution >= 4 is 0 Å². The van der Waals surface area contributed by atoms with Crippen LogP contribution in [0.15, 0.2) is 0 Å². The normalized spacial score (nSPS) is 39.5. The van der Waals surface area contributed by atoms with Gasteiger partial charge in [0.1, 0.15) is 0 Å². The molecular formula is C4H3F5O2. The van der Waals surface area contributed by atoms with E-state index in [9.17, 15) is 22.0 Å². The van der Waals surface area contributed by atoms with Crippen molar-refractivity contribution in [3.63, 3.8) is 0 Å². The van der Waals surface area contributed by atoms with Gasteiger partial charge in [-0.15, -0.1) is 0 Å². The summed E-state index contributed by atoms with van der Waals surface area (Å²) in [6.07, 6.45) is -10.5. The van der Waals surface area contributed by atoms with Gasteiger partial charge in [-0.05, 0) is 0 Å². The molecule has 0 amide bonds. The van der Waals surface area contributed by atoms with Gasteiger partial charge in [-0.3, -0.25) is 4.74 Å². The standard InChI is InChI=1S/C4H3F5O2/c5-2-1(4(7,8)9)10-3(6)11-2/h1-3H. The van der Waals surface area contributed by atoms with Crippen LogP contribution in [0.4, 0.5) is 22.0 Å². The molecule has 0 saturated carbocycles. The number of hydrogen-bond acceptors (Lipinski definition) is 2.